The fourth-order valence-corrected chi connectivity index (χ4v) is 2.85. The standard InChI is InChI=1S/C10H12ClN5O2/c11-8-12-5-13-9(14-8)15-1-6-3-16(10(17)18)4-7(6)2-15/h5-7H,1-4H2,(H,17,18). The Bertz CT molecular complexity index is 471. The number of anilines is 1. The predicted octanol–water partition coefficient (Wildman–Crippen LogP) is 0.571. The average Bonchev–Trinajstić information content (AvgIpc) is 2.86. The Morgan fingerprint density at radius 3 is 2.50 bits per heavy atom. The summed E-state index contributed by atoms with van der Waals surface area (Å²) in [6.07, 6.45) is 0.557. The van der Waals surface area contributed by atoms with Crippen LogP contribution in [0.5, 0.6) is 0 Å². The van der Waals surface area contributed by atoms with Crippen molar-refractivity contribution >= 4 is 23.6 Å². The summed E-state index contributed by atoms with van der Waals surface area (Å²) in [5.74, 6) is 1.29. The van der Waals surface area contributed by atoms with Crippen LogP contribution in [0.3, 0.4) is 0 Å². The zero-order chi connectivity index (χ0) is 12.7. The van der Waals surface area contributed by atoms with Crippen molar-refractivity contribution in [3.8, 4) is 0 Å². The molecule has 1 N–H and O–H groups in total. The molecule has 96 valence electrons. The minimum Gasteiger partial charge on any atom is -0.465 e. The third kappa shape index (κ3) is 1.94. The van der Waals surface area contributed by atoms with Gasteiger partial charge in [0.25, 0.3) is 0 Å². The molecule has 18 heavy (non-hydrogen) atoms. The Morgan fingerprint density at radius 2 is 1.94 bits per heavy atom. The van der Waals surface area contributed by atoms with E-state index in [4.69, 9.17) is 16.7 Å². The van der Waals surface area contributed by atoms with Crippen molar-refractivity contribution in [3.05, 3.63) is 11.6 Å². The van der Waals surface area contributed by atoms with Gasteiger partial charge >= 0.3 is 6.09 Å². The van der Waals surface area contributed by atoms with Crippen LogP contribution < -0.4 is 4.90 Å². The fourth-order valence-electron chi connectivity index (χ4n) is 2.73. The smallest absolute Gasteiger partial charge is 0.407 e. The van der Waals surface area contributed by atoms with Crippen molar-refractivity contribution in [1.29, 1.82) is 0 Å². The van der Waals surface area contributed by atoms with Crippen LogP contribution in [0.2, 0.25) is 5.28 Å². The van der Waals surface area contributed by atoms with E-state index in [1.165, 1.54) is 11.2 Å². The van der Waals surface area contributed by atoms with Gasteiger partial charge in [-0.2, -0.15) is 4.98 Å². The first kappa shape index (κ1) is 11.5. The molecule has 2 aliphatic rings. The fraction of sp³-hybridized carbons (Fsp3) is 0.600. The number of rotatable bonds is 1. The first-order valence-corrected chi connectivity index (χ1v) is 6.08. The molecule has 3 heterocycles. The van der Waals surface area contributed by atoms with Gasteiger partial charge in [0.05, 0.1) is 0 Å². The second-order valence-electron chi connectivity index (χ2n) is 4.67. The van der Waals surface area contributed by atoms with Gasteiger partial charge in [0.15, 0.2) is 0 Å². The van der Waals surface area contributed by atoms with Crippen LogP contribution in [0.15, 0.2) is 6.33 Å². The Hall–Kier alpha value is -1.63. The highest BCUT2D eigenvalue weighted by atomic mass is 35.5. The molecule has 0 bridgehead atoms. The number of amides is 1. The topological polar surface area (TPSA) is 82.5 Å². The third-order valence-electron chi connectivity index (χ3n) is 3.57. The molecule has 0 radical (unpaired) electrons. The molecule has 1 aromatic heterocycles. The van der Waals surface area contributed by atoms with Gasteiger partial charge in [-0.05, 0) is 11.6 Å². The Morgan fingerprint density at radius 1 is 1.28 bits per heavy atom. The summed E-state index contributed by atoms with van der Waals surface area (Å²) in [5, 5.41) is 9.13. The van der Waals surface area contributed by atoms with E-state index < -0.39 is 6.09 Å². The lowest BCUT2D eigenvalue weighted by Gasteiger charge is -2.19. The Balaban J connectivity index is 1.70. The number of halogens is 1. The molecule has 3 rings (SSSR count). The minimum absolute atomic E-state index is 0.184. The number of likely N-dealkylation sites (tertiary alicyclic amines) is 1. The quantitative estimate of drug-likeness (QED) is 0.803. The molecule has 7 nitrogen and oxygen atoms in total. The molecule has 2 unspecified atom stereocenters. The molecule has 2 saturated heterocycles. The maximum atomic E-state index is 10.9. The lowest BCUT2D eigenvalue weighted by Crippen LogP contribution is -2.32. The first-order chi connectivity index (χ1) is 8.63. The van der Waals surface area contributed by atoms with Crippen molar-refractivity contribution in [3.63, 3.8) is 0 Å². The number of nitrogens with zero attached hydrogens (tertiary/aromatic N) is 5. The molecule has 2 fully saturated rings. The second-order valence-corrected chi connectivity index (χ2v) is 5.01. The zero-order valence-electron chi connectivity index (χ0n) is 9.53. The van der Waals surface area contributed by atoms with E-state index in [0.29, 0.717) is 30.9 Å². The van der Waals surface area contributed by atoms with Crippen molar-refractivity contribution in [2.24, 2.45) is 11.8 Å². The molecule has 0 aromatic carbocycles. The molecule has 1 amide bonds. The van der Waals surface area contributed by atoms with E-state index in [-0.39, 0.29) is 5.28 Å². The summed E-state index contributed by atoms with van der Waals surface area (Å²) in [6.45, 7) is 2.73. The lowest BCUT2D eigenvalue weighted by atomic mass is 10.0. The van der Waals surface area contributed by atoms with Gasteiger partial charge in [-0.3, -0.25) is 0 Å². The molecule has 2 aliphatic heterocycles. The molecule has 0 saturated carbocycles. The van der Waals surface area contributed by atoms with Crippen LogP contribution in [0.4, 0.5) is 10.7 Å². The number of fused-ring (bicyclic) bond motifs is 1. The minimum atomic E-state index is -0.834. The van der Waals surface area contributed by atoms with Crippen LogP contribution in [-0.4, -0.2) is 57.2 Å². The van der Waals surface area contributed by atoms with E-state index in [2.05, 4.69) is 15.0 Å². The van der Waals surface area contributed by atoms with E-state index in [9.17, 15) is 4.79 Å². The highest BCUT2D eigenvalue weighted by Crippen LogP contribution is 2.32. The Kier molecular flexibility index (Phi) is 2.70. The van der Waals surface area contributed by atoms with Crippen molar-refractivity contribution < 1.29 is 9.90 Å². The summed E-state index contributed by atoms with van der Waals surface area (Å²) < 4.78 is 0. The molecular weight excluding hydrogens is 258 g/mol. The number of carboxylic acid groups (broad SMARTS) is 1. The second kappa shape index (κ2) is 4.24. The number of aromatic nitrogens is 3. The van der Waals surface area contributed by atoms with E-state index in [1.807, 2.05) is 4.90 Å². The first-order valence-electron chi connectivity index (χ1n) is 5.71. The van der Waals surface area contributed by atoms with Crippen molar-refractivity contribution in [2.45, 2.75) is 0 Å². The van der Waals surface area contributed by atoms with Gasteiger partial charge in [-0.15, -0.1) is 0 Å². The van der Waals surface area contributed by atoms with Gasteiger partial charge in [0, 0.05) is 38.0 Å². The third-order valence-corrected chi connectivity index (χ3v) is 3.75. The number of hydrogen-bond acceptors (Lipinski definition) is 5. The van der Waals surface area contributed by atoms with Gasteiger partial charge in [-0.25, -0.2) is 14.8 Å². The van der Waals surface area contributed by atoms with Crippen molar-refractivity contribution in [2.75, 3.05) is 31.1 Å². The van der Waals surface area contributed by atoms with Gasteiger partial charge in [0.2, 0.25) is 11.2 Å². The Labute approximate surface area is 108 Å². The molecule has 0 spiro atoms. The van der Waals surface area contributed by atoms with E-state index >= 15 is 0 Å². The maximum absolute atomic E-state index is 10.9. The van der Waals surface area contributed by atoms with Crippen molar-refractivity contribution in [1.82, 2.24) is 19.9 Å². The van der Waals surface area contributed by atoms with Crippen LogP contribution >= 0.6 is 11.6 Å². The van der Waals surface area contributed by atoms with Gasteiger partial charge < -0.3 is 14.9 Å². The van der Waals surface area contributed by atoms with Gasteiger partial charge in [0.1, 0.15) is 6.33 Å². The summed E-state index contributed by atoms with van der Waals surface area (Å²) in [5.41, 5.74) is 0. The highest BCUT2D eigenvalue weighted by molar-refractivity contribution is 6.28. The molecule has 2 atom stereocenters. The predicted molar refractivity (Wildman–Crippen MR) is 63.6 cm³/mol. The summed E-state index contributed by atoms with van der Waals surface area (Å²) in [6, 6.07) is 0. The summed E-state index contributed by atoms with van der Waals surface area (Å²) >= 11 is 5.73. The maximum Gasteiger partial charge on any atom is 0.407 e. The zero-order valence-corrected chi connectivity index (χ0v) is 10.3. The molecule has 0 aliphatic carbocycles. The van der Waals surface area contributed by atoms with Crippen LogP contribution in [0.1, 0.15) is 0 Å². The molecule has 1 aromatic rings. The largest absolute Gasteiger partial charge is 0.465 e. The molecular formula is C10H12ClN5O2. The summed E-state index contributed by atoms with van der Waals surface area (Å²) in [7, 11) is 0. The van der Waals surface area contributed by atoms with E-state index in [0.717, 1.165) is 13.1 Å². The molecule has 8 heteroatoms. The van der Waals surface area contributed by atoms with Gasteiger partial charge in [-0.1, -0.05) is 0 Å². The summed E-state index contributed by atoms with van der Waals surface area (Å²) in [4.78, 5) is 26.3. The van der Waals surface area contributed by atoms with E-state index in [1.54, 1.807) is 0 Å². The van der Waals surface area contributed by atoms with Crippen LogP contribution in [-0.2, 0) is 0 Å². The number of hydrogen-bond donors (Lipinski definition) is 1. The lowest BCUT2D eigenvalue weighted by molar-refractivity contribution is 0.153. The SMILES string of the molecule is O=C(O)N1CC2CN(c3ncnc(Cl)n3)CC2C1. The average molecular weight is 270 g/mol. The normalized spacial score (nSPS) is 26.5. The van der Waals surface area contributed by atoms with Crippen LogP contribution in [0, 0.1) is 11.8 Å². The number of carbonyl (C=O) groups is 1. The highest BCUT2D eigenvalue weighted by Gasteiger charge is 2.42. The monoisotopic (exact) mass is 269 g/mol. The van der Waals surface area contributed by atoms with Crippen LogP contribution in [0.25, 0.3) is 0 Å².